The Balaban J connectivity index is 1.91. The van der Waals surface area contributed by atoms with E-state index >= 15 is 0 Å². The minimum atomic E-state index is 0.338. The lowest BCUT2D eigenvalue weighted by molar-refractivity contribution is 0.130. The number of methoxy groups -OCH3 is 1. The minimum Gasteiger partial charge on any atom is -0.496 e. The summed E-state index contributed by atoms with van der Waals surface area (Å²) in [5, 5.41) is 4.47. The second-order valence-corrected chi connectivity index (χ2v) is 4.23. The van der Waals surface area contributed by atoms with Gasteiger partial charge in [0, 0.05) is 16.1 Å². The molecule has 0 aliphatic heterocycles. The number of rotatable bonds is 5. The van der Waals surface area contributed by atoms with Crippen LogP contribution in [0.3, 0.4) is 0 Å². The summed E-state index contributed by atoms with van der Waals surface area (Å²) in [6, 6.07) is 14.8. The molecule has 0 aromatic heterocycles. The van der Waals surface area contributed by atoms with Crippen molar-refractivity contribution in [1.29, 1.82) is 0 Å². The van der Waals surface area contributed by atoms with Gasteiger partial charge in [-0.25, -0.2) is 0 Å². The molecule has 0 aliphatic rings. The summed E-state index contributed by atoms with van der Waals surface area (Å²) in [7, 11) is 1.63. The van der Waals surface area contributed by atoms with Crippen LogP contribution in [-0.2, 0) is 11.4 Å². The SMILES string of the molecule is COc1ccccc1CO/N=[C]\c1ccc(Cl)cc1. The first kappa shape index (κ1) is 13.4. The highest BCUT2D eigenvalue weighted by Gasteiger charge is 2.00. The maximum absolute atomic E-state index is 5.78. The van der Waals surface area contributed by atoms with Crippen molar-refractivity contribution < 1.29 is 9.57 Å². The number of hydrogen-bond acceptors (Lipinski definition) is 3. The summed E-state index contributed by atoms with van der Waals surface area (Å²) >= 11 is 5.78. The zero-order valence-corrected chi connectivity index (χ0v) is 11.2. The van der Waals surface area contributed by atoms with Crippen molar-refractivity contribution in [2.75, 3.05) is 7.11 Å². The van der Waals surface area contributed by atoms with Crippen molar-refractivity contribution in [2.45, 2.75) is 6.61 Å². The van der Waals surface area contributed by atoms with Gasteiger partial charge in [0.1, 0.15) is 18.6 Å². The summed E-state index contributed by atoms with van der Waals surface area (Å²) in [5.74, 6) is 0.782. The molecule has 1 radical (unpaired) electrons. The molecule has 0 aliphatic carbocycles. The predicted octanol–water partition coefficient (Wildman–Crippen LogP) is 3.78. The summed E-state index contributed by atoms with van der Waals surface area (Å²) in [5.41, 5.74) is 1.75. The van der Waals surface area contributed by atoms with Crippen molar-refractivity contribution in [3.8, 4) is 5.75 Å². The van der Waals surface area contributed by atoms with E-state index in [1.165, 1.54) is 0 Å². The van der Waals surface area contributed by atoms with E-state index in [2.05, 4.69) is 11.4 Å². The van der Waals surface area contributed by atoms with Crippen LogP contribution in [0, 0.1) is 0 Å². The van der Waals surface area contributed by atoms with Gasteiger partial charge in [0.2, 0.25) is 0 Å². The van der Waals surface area contributed by atoms with Crippen molar-refractivity contribution >= 4 is 17.8 Å². The smallest absolute Gasteiger partial charge is 0.145 e. The van der Waals surface area contributed by atoms with Gasteiger partial charge in [-0.1, -0.05) is 47.1 Å². The van der Waals surface area contributed by atoms with E-state index in [0.717, 1.165) is 16.9 Å². The van der Waals surface area contributed by atoms with E-state index in [-0.39, 0.29) is 0 Å². The van der Waals surface area contributed by atoms with Gasteiger partial charge in [0.05, 0.1) is 7.11 Å². The first-order chi connectivity index (χ1) is 9.29. The lowest BCUT2D eigenvalue weighted by atomic mass is 10.2. The van der Waals surface area contributed by atoms with E-state index < -0.39 is 0 Å². The lowest BCUT2D eigenvalue weighted by Gasteiger charge is -2.06. The molecule has 0 amide bonds. The number of benzene rings is 2. The maximum Gasteiger partial charge on any atom is 0.145 e. The highest BCUT2D eigenvalue weighted by atomic mass is 35.5. The highest BCUT2D eigenvalue weighted by molar-refractivity contribution is 6.30. The van der Waals surface area contributed by atoms with Crippen molar-refractivity contribution in [2.24, 2.45) is 5.16 Å². The van der Waals surface area contributed by atoms with Gasteiger partial charge in [-0.05, 0) is 18.2 Å². The topological polar surface area (TPSA) is 30.8 Å². The molecule has 0 unspecified atom stereocenters. The first-order valence-electron chi connectivity index (χ1n) is 5.75. The molecule has 4 heteroatoms. The molecule has 0 bridgehead atoms. The number of hydrogen-bond donors (Lipinski definition) is 0. The minimum absolute atomic E-state index is 0.338. The summed E-state index contributed by atoms with van der Waals surface area (Å²) in [6.45, 7) is 0.338. The predicted molar refractivity (Wildman–Crippen MR) is 75.8 cm³/mol. The van der Waals surface area contributed by atoms with Crippen LogP contribution in [0.25, 0.3) is 0 Å². The van der Waals surface area contributed by atoms with Crippen molar-refractivity contribution in [1.82, 2.24) is 0 Å². The first-order valence-corrected chi connectivity index (χ1v) is 6.13. The van der Waals surface area contributed by atoms with Crippen LogP contribution in [0.5, 0.6) is 5.75 Å². The fourth-order valence-corrected chi connectivity index (χ4v) is 1.66. The third kappa shape index (κ3) is 4.00. The Morgan fingerprint density at radius 3 is 2.58 bits per heavy atom. The normalized spacial score (nSPS) is 10.6. The van der Waals surface area contributed by atoms with Gasteiger partial charge in [-0.3, -0.25) is 0 Å². The molecule has 0 fully saturated rings. The van der Waals surface area contributed by atoms with Crippen LogP contribution in [-0.4, -0.2) is 13.3 Å². The molecule has 0 atom stereocenters. The molecule has 97 valence electrons. The standard InChI is InChI=1S/C15H13ClNO2/c1-18-15-5-3-2-4-13(15)11-19-17-10-12-6-8-14(16)9-7-12/h2-9H,11H2,1H3. The Hall–Kier alpha value is -2.00. The molecule has 2 rings (SSSR count). The molecular formula is C15H13ClNO2. The number of nitrogens with zero attached hydrogens (tertiary/aromatic N) is 1. The molecule has 19 heavy (non-hydrogen) atoms. The maximum atomic E-state index is 5.78. The van der Waals surface area contributed by atoms with Gasteiger partial charge in [0.15, 0.2) is 0 Å². The van der Waals surface area contributed by atoms with Crippen molar-refractivity contribution in [3.05, 3.63) is 64.7 Å². The average Bonchev–Trinajstić information content (AvgIpc) is 2.46. The fraction of sp³-hybridized carbons (Fsp3) is 0.133. The summed E-state index contributed by atoms with van der Waals surface area (Å²) < 4.78 is 5.22. The Morgan fingerprint density at radius 1 is 1.11 bits per heavy atom. The second-order valence-electron chi connectivity index (χ2n) is 3.80. The molecule has 2 aromatic rings. The largest absolute Gasteiger partial charge is 0.496 e. The van der Waals surface area contributed by atoms with Crippen LogP contribution in [0.2, 0.25) is 5.02 Å². The molecule has 0 spiro atoms. The van der Waals surface area contributed by atoms with Crippen molar-refractivity contribution in [3.63, 3.8) is 0 Å². The van der Waals surface area contributed by atoms with Gasteiger partial charge < -0.3 is 9.57 Å². The summed E-state index contributed by atoms with van der Waals surface area (Å²) in [4.78, 5) is 5.20. The third-order valence-corrected chi connectivity index (χ3v) is 2.75. The van der Waals surface area contributed by atoms with Crippen LogP contribution in [0.4, 0.5) is 0 Å². The molecule has 0 heterocycles. The monoisotopic (exact) mass is 274 g/mol. The molecule has 0 N–H and O–H groups in total. The number of ether oxygens (including phenoxy) is 1. The third-order valence-electron chi connectivity index (χ3n) is 2.50. The van der Waals surface area contributed by atoms with Gasteiger partial charge in [0.25, 0.3) is 0 Å². The number of halogens is 1. The van der Waals surface area contributed by atoms with Gasteiger partial charge in [-0.2, -0.15) is 0 Å². The number of para-hydroxylation sites is 1. The fourth-order valence-electron chi connectivity index (χ4n) is 1.53. The Bertz CT molecular complexity index is 552. The van der Waals surface area contributed by atoms with Gasteiger partial charge >= 0.3 is 0 Å². The average molecular weight is 275 g/mol. The van der Waals surface area contributed by atoms with Gasteiger partial charge in [-0.15, -0.1) is 0 Å². The van der Waals surface area contributed by atoms with E-state index in [0.29, 0.717) is 11.6 Å². The van der Waals surface area contributed by atoms with E-state index in [9.17, 15) is 0 Å². The Morgan fingerprint density at radius 2 is 1.84 bits per heavy atom. The zero-order chi connectivity index (χ0) is 13.5. The molecular weight excluding hydrogens is 262 g/mol. The Labute approximate surface area is 117 Å². The van der Waals surface area contributed by atoms with Crippen LogP contribution in [0.1, 0.15) is 11.1 Å². The van der Waals surface area contributed by atoms with Crippen LogP contribution < -0.4 is 4.74 Å². The van der Waals surface area contributed by atoms with Crippen LogP contribution >= 0.6 is 11.6 Å². The second kappa shape index (κ2) is 6.81. The zero-order valence-electron chi connectivity index (χ0n) is 10.5. The molecule has 0 saturated heterocycles. The quantitative estimate of drug-likeness (QED) is 0.614. The van der Waals surface area contributed by atoms with Crippen LogP contribution in [0.15, 0.2) is 53.7 Å². The van der Waals surface area contributed by atoms with E-state index in [4.69, 9.17) is 21.2 Å². The lowest BCUT2D eigenvalue weighted by Crippen LogP contribution is -1.93. The molecule has 3 nitrogen and oxygen atoms in total. The molecule has 0 saturated carbocycles. The van der Waals surface area contributed by atoms with E-state index in [1.807, 2.05) is 36.4 Å². The summed E-state index contributed by atoms with van der Waals surface area (Å²) in [6.07, 6.45) is 2.78. The van der Waals surface area contributed by atoms with E-state index in [1.54, 1.807) is 19.2 Å². The highest BCUT2D eigenvalue weighted by Crippen LogP contribution is 2.18. The Kier molecular flexibility index (Phi) is 4.81. The molecule has 2 aromatic carbocycles.